The minimum absolute atomic E-state index is 0.189. The number of nitrogens with zero attached hydrogens (tertiary/aromatic N) is 1. The molecule has 3 atom stereocenters. The summed E-state index contributed by atoms with van der Waals surface area (Å²) in [5, 5.41) is 10.5. The van der Waals surface area contributed by atoms with Crippen LogP contribution in [0.15, 0.2) is 12.2 Å². The van der Waals surface area contributed by atoms with Crippen molar-refractivity contribution in [2.75, 3.05) is 6.61 Å². The molecule has 22 heavy (non-hydrogen) atoms. The number of ether oxygens (including phenoxy) is 3. The molecule has 1 N–H and O–H groups in total. The van der Waals surface area contributed by atoms with Gasteiger partial charge in [-0.05, 0) is 34.6 Å². The van der Waals surface area contributed by atoms with Crippen molar-refractivity contribution in [3.05, 3.63) is 12.2 Å². The van der Waals surface area contributed by atoms with Crippen LogP contribution in [-0.2, 0) is 19.0 Å². The summed E-state index contributed by atoms with van der Waals surface area (Å²) in [6.45, 7) is 8.79. The van der Waals surface area contributed by atoms with Gasteiger partial charge in [-0.15, -0.1) is 0 Å². The first-order chi connectivity index (χ1) is 10.0. The van der Waals surface area contributed by atoms with Crippen molar-refractivity contribution < 1.29 is 28.9 Å². The molecule has 2 rings (SSSR count). The third kappa shape index (κ3) is 3.66. The Morgan fingerprint density at radius 1 is 1.50 bits per heavy atom. The largest absolute Gasteiger partial charge is 0.443 e. The molecule has 2 aliphatic rings. The van der Waals surface area contributed by atoms with Gasteiger partial charge in [0.25, 0.3) is 5.91 Å². The number of hydrogen-bond acceptors (Lipinski definition) is 6. The summed E-state index contributed by atoms with van der Waals surface area (Å²) < 4.78 is 16.2. The van der Waals surface area contributed by atoms with Crippen LogP contribution in [0.4, 0.5) is 4.79 Å². The van der Waals surface area contributed by atoms with Crippen LogP contribution in [0.3, 0.4) is 0 Å². The number of carbonyl (C=O) groups excluding carboxylic acids is 2. The molecule has 2 aliphatic heterocycles. The van der Waals surface area contributed by atoms with E-state index in [2.05, 4.69) is 0 Å². The van der Waals surface area contributed by atoms with E-state index in [1.54, 1.807) is 34.6 Å². The Bertz CT molecular complexity index is 493. The number of aliphatic hydroxyl groups is 1. The van der Waals surface area contributed by atoms with Gasteiger partial charge in [-0.25, -0.2) is 9.69 Å². The fourth-order valence-electron chi connectivity index (χ4n) is 2.39. The standard InChI is InChI=1S/C15H23NO6/c1-14(2,3)22-13(19)16-9(6-7-11(16)17)12(18)10-8-20-15(4,5)21-10/h6-7,9-10,12,18H,8H2,1-5H3/t9-,10+,12-/m1/s1. The predicted octanol–water partition coefficient (Wildman–Crippen LogP) is 1.20. The predicted molar refractivity (Wildman–Crippen MR) is 76.9 cm³/mol. The molecule has 7 nitrogen and oxygen atoms in total. The third-order valence-electron chi connectivity index (χ3n) is 3.32. The normalized spacial score (nSPS) is 29.0. The maximum absolute atomic E-state index is 12.2. The Kier molecular flexibility index (Phi) is 4.34. The van der Waals surface area contributed by atoms with Gasteiger partial charge in [0, 0.05) is 6.08 Å². The molecule has 1 fully saturated rings. The molecule has 0 bridgehead atoms. The van der Waals surface area contributed by atoms with Gasteiger partial charge in [-0.1, -0.05) is 6.08 Å². The lowest BCUT2D eigenvalue weighted by Crippen LogP contribution is -2.51. The number of amides is 2. The van der Waals surface area contributed by atoms with Crippen molar-refractivity contribution in [1.82, 2.24) is 4.90 Å². The lowest BCUT2D eigenvalue weighted by atomic mass is 10.1. The zero-order chi connectivity index (χ0) is 16.7. The average molecular weight is 313 g/mol. The molecule has 2 heterocycles. The third-order valence-corrected chi connectivity index (χ3v) is 3.32. The SMILES string of the molecule is CC(C)(C)OC(=O)N1C(=O)C=C[C@@H]1[C@@H](O)[C@@H]1COC(C)(C)O1. The second-order valence-electron chi connectivity index (χ2n) is 6.90. The first kappa shape index (κ1) is 16.9. The number of imide groups is 1. The summed E-state index contributed by atoms with van der Waals surface area (Å²) in [5.41, 5.74) is -0.732. The summed E-state index contributed by atoms with van der Waals surface area (Å²) in [6.07, 6.45) is 0.229. The number of aliphatic hydroxyl groups excluding tert-OH is 1. The molecule has 0 radical (unpaired) electrons. The smallest absolute Gasteiger partial charge is 0.417 e. The summed E-state index contributed by atoms with van der Waals surface area (Å²) >= 11 is 0. The van der Waals surface area contributed by atoms with Crippen LogP contribution >= 0.6 is 0 Å². The van der Waals surface area contributed by atoms with Crippen LogP contribution in [0, 0.1) is 0 Å². The Hall–Kier alpha value is -1.44. The Labute approximate surface area is 129 Å². The van der Waals surface area contributed by atoms with E-state index in [1.165, 1.54) is 12.2 Å². The second kappa shape index (κ2) is 5.64. The van der Waals surface area contributed by atoms with E-state index < -0.39 is 41.6 Å². The average Bonchev–Trinajstić information content (AvgIpc) is 2.89. The molecule has 2 amide bonds. The van der Waals surface area contributed by atoms with Crippen molar-refractivity contribution in [2.45, 2.75) is 64.3 Å². The Balaban J connectivity index is 2.10. The zero-order valence-corrected chi connectivity index (χ0v) is 13.5. The maximum Gasteiger partial charge on any atom is 0.417 e. The molecule has 0 unspecified atom stereocenters. The Morgan fingerprint density at radius 2 is 2.14 bits per heavy atom. The monoisotopic (exact) mass is 313 g/mol. The van der Waals surface area contributed by atoms with E-state index >= 15 is 0 Å². The fourth-order valence-corrected chi connectivity index (χ4v) is 2.39. The minimum atomic E-state index is -1.09. The molecule has 124 valence electrons. The van der Waals surface area contributed by atoms with Crippen LogP contribution in [0.5, 0.6) is 0 Å². The highest BCUT2D eigenvalue weighted by Gasteiger charge is 2.45. The summed E-state index contributed by atoms with van der Waals surface area (Å²) in [5.74, 6) is -1.31. The van der Waals surface area contributed by atoms with Crippen LogP contribution in [0.25, 0.3) is 0 Å². The molecule has 0 aromatic rings. The van der Waals surface area contributed by atoms with E-state index in [0.29, 0.717) is 0 Å². The lowest BCUT2D eigenvalue weighted by molar-refractivity contribution is -0.155. The first-order valence-corrected chi connectivity index (χ1v) is 7.24. The molecule has 0 saturated carbocycles. The van der Waals surface area contributed by atoms with Crippen LogP contribution in [0.1, 0.15) is 34.6 Å². The summed E-state index contributed by atoms with van der Waals surface area (Å²) in [6, 6.07) is -0.829. The Morgan fingerprint density at radius 3 is 2.64 bits per heavy atom. The van der Waals surface area contributed by atoms with Crippen molar-refractivity contribution in [3.63, 3.8) is 0 Å². The van der Waals surface area contributed by atoms with Gasteiger partial charge in [-0.2, -0.15) is 0 Å². The summed E-state index contributed by atoms with van der Waals surface area (Å²) in [4.78, 5) is 25.0. The molecular weight excluding hydrogens is 290 g/mol. The second-order valence-corrected chi connectivity index (χ2v) is 6.90. The van der Waals surface area contributed by atoms with Gasteiger partial charge in [0.15, 0.2) is 5.79 Å². The van der Waals surface area contributed by atoms with Crippen molar-refractivity contribution in [2.24, 2.45) is 0 Å². The van der Waals surface area contributed by atoms with Crippen molar-refractivity contribution >= 4 is 12.0 Å². The van der Waals surface area contributed by atoms with Gasteiger partial charge in [0.1, 0.15) is 17.8 Å². The highest BCUT2D eigenvalue weighted by Crippen LogP contribution is 2.28. The lowest BCUT2D eigenvalue weighted by Gasteiger charge is -2.31. The van der Waals surface area contributed by atoms with Crippen molar-refractivity contribution in [1.29, 1.82) is 0 Å². The highest BCUT2D eigenvalue weighted by atomic mass is 16.7. The van der Waals surface area contributed by atoms with Crippen LogP contribution < -0.4 is 0 Å². The minimum Gasteiger partial charge on any atom is -0.443 e. The molecule has 1 saturated heterocycles. The van der Waals surface area contributed by atoms with E-state index in [-0.39, 0.29) is 6.61 Å². The number of rotatable bonds is 2. The molecule has 7 heteroatoms. The van der Waals surface area contributed by atoms with Gasteiger partial charge in [0.05, 0.1) is 12.6 Å². The van der Waals surface area contributed by atoms with E-state index in [1.807, 2.05) is 0 Å². The van der Waals surface area contributed by atoms with Gasteiger partial charge in [0.2, 0.25) is 0 Å². The fraction of sp³-hybridized carbons (Fsp3) is 0.733. The number of carbonyl (C=O) groups is 2. The van der Waals surface area contributed by atoms with Gasteiger partial charge >= 0.3 is 6.09 Å². The zero-order valence-electron chi connectivity index (χ0n) is 13.5. The van der Waals surface area contributed by atoms with E-state index in [9.17, 15) is 14.7 Å². The summed E-state index contributed by atoms with van der Waals surface area (Å²) in [7, 11) is 0. The van der Waals surface area contributed by atoms with E-state index in [0.717, 1.165) is 4.90 Å². The molecule has 0 aromatic heterocycles. The van der Waals surface area contributed by atoms with E-state index in [4.69, 9.17) is 14.2 Å². The molecule has 0 aromatic carbocycles. The molecular formula is C15H23NO6. The molecule has 0 aliphatic carbocycles. The van der Waals surface area contributed by atoms with Crippen molar-refractivity contribution in [3.8, 4) is 0 Å². The quantitative estimate of drug-likeness (QED) is 0.824. The van der Waals surface area contributed by atoms with Crippen LogP contribution in [-0.4, -0.2) is 58.3 Å². The first-order valence-electron chi connectivity index (χ1n) is 7.24. The maximum atomic E-state index is 12.2. The van der Waals surface area contributed by atoms with Gasteiger partial charge in [-0.3, -0.25) is 4.79 Å². The molecule has 0 spiro atoms. The number of hydrogen-bond donors (Lipinski definition) is 1. The van der Waals surface area contributed by atoms with Crippen LogP contribution in [0.2, 0.25) is 0 Å². The topological polar surface area (TPSA) is 85.3 Å². The highest BCUT2D eigenvalue weighted by molar-refractivity contribution is 6.01. The van der Waals surface area contributed by atoms with Gasteiger partial charge < -0.3 is 19.3 Å².